The van der Waals surface area contributed by atoms with Crippen molar-refractivity contribution in [1.82, 2.24) is 0 Å². The average Bonchev–Trinajstić information content (AvgIpc) is 2.77. The summed E-state index contributed by atoms with van der Waals surface area (Å²) in [5.41, 5.74) is 2.40. The zero-order valence-corrected chi connectivity index (χ0v) is 12.2. The minimum atomic E-state index is 0.0726. The van der Waals surface area contributed by atoms with Gasteiger partial charge in [-0.3, -0.25) is 0 Å². The molecule has 1 heterocycles. The Morgan fingerprint density at radius 3 is 2.67 bits per heavy atom. The number of anilines is 1. The largest absolute Gasteiger partial charge is 0.392 e. The van der Waals surface area contributed by atoms with Crippen LogP contribution in [0.1, 0.15) is 32.8 Å². The van der Waals surface area contributed by atoms with E-state index in [1.54, 1.807) is 0 Å². The fourth-order valence-electron chi connectivity index (χ4n) is 2.65. The van der Waals surface area contributed by atoms with Crippen LogP contribution in [0.5, 0.6) is 0 Å². The van der Waals surface area contributed by atoms with Gasteiger partial charge in [-0.15, -0.1) is 0 Å². The summed E-state index contributed by atoms with van der Waals surface area (Å²) in [6.45, 7) is 9.07. The van der Waals surface area contributed by atoms with E-state index in [1.807, 2.05) is 18.2 Å². The summed E-state index contributed by atoms with van der Waals surface area (Å²) in [6, 6.07) is 5.73. The van der Waals surface area contributed by atoms with Crippen LogP contribution < -0.4 is 4.90 Å². The van der Waals surface area contributed by atoms with Crippen LogP contribution in [-0.4, -0.2) is 18.2 Å². The second kappa shape index (κ2) is 5.10. The van der Waals surface area contributed by atoms with Gasteiger partial charge in [0.15, 0.2) is 0 Å². The van der Waals surface area contributed by atoms with Crippen molar-refractivity contribution in [3.63, 3.8) is 0 Å². The van der Waals surface area contributed by atoms with E-state index >= 15 is 0 Å². The van der Waals surface area contributed by atoms with Crippen LogP contribution in [0.4, 0.5) is 5.69 Å². The van der Waals surface area contributed by atoms with Crippen LogP contribution in [0.25, 0.3) is 0 Å². The molecule has 0 aliphatic carbocycles. The maximum Gasteiger partial charge on any atom is 0.0702 e. The molecule has 1 N–H and O–H groups in total. The Labute approximate surface area is 115 Å². The van der Waals surface area contributed by atoms with E-state index in [0.29, 0.717) is 11.3 Å². The number of rotatable bonds is 2. The standard InChI is InChI=1S/C15H22ClNO/c1-15(2,3)12-6-7-17(9-12)14-8-13(16)5-4-11(14)10-18/h4-5,8,12,18H,6-7,9-10H2,1-3H3. The van der Waals surface area contributed by atoms with E-state index in [-0.39, 0.29) is 6.61 Å². The highest BCUT2D eigenvalue weighted by Crippen LogP contribution is 2.37. The highest BCUT2D eigenvalue weighted by Gasteiger charge is 2.32. The van der Waals surface area contributed by atoms with Crippen LogP contribution in [0.2, 0.25) is 5.02 Å². The Hall–Kier alpha value is -0.730. The van der Waals surface area contributed by atoms with Gasteiger partial charge in [-0.25, -0.2) is 0 Å². The van der Waals surface area contributed by atoms with E-state index in [2.05, 4.69) is 25.7 Å². The Morgan fingerprint density at radius 1 is 1.39 bits per heavy atom. The molecule has 0 aromatic heterocycles. The van der Waals surface area contributed by atoms with E-state index in [9.17, 15) is 5.11 Å². The molecule has 0 radical (unpaired) electrons. The predicted molar refractivity (Wildman–Crippen MR) is 77.1 cm³/mol. The molecule has 0 spiro atoms. The van der Waals surface area contributed by atoms with E-state index < -0.39 is 0 Å². The first-order valence-electron chi connectivity index (χ1n) is 6.56. The molecular weight excluding hydrogens is 246 g/mol. The molecule has 18 heavy (non-hydrogen) atoms. The molecule has 1 aliphatic rings. The van der Waals surface area contributed by atoms with Crippen molar-refractivity contribution >= 4 is 17.3 Å². The first-order valence-corrected chi connectivity index (χ1v) is 6.94. The molecule has 1 fully saturated rings. The lowest BCUT2D eigenvalue weighted by atomic mass is 9.80. The number of hydrogen-bond acceptors (Lipinski definition) is 2. The van der Waals surface area contributed by atoms with Gasteiger partial charge in [0.2, 0.25) is 0 Å². The number of aliphatic hydroxyl groups excluding tert-OH is 1. The van der Waals surface area contributed by atoms with E-state index in [0.717, 1.165) is 29.4 Å². The zero-order valence-electron chi connectivity index (χ0n) is 11.4. The summed E-state index contributed by atoms with van der Waals surface area (Å²) < 4.78 is 0. The lowest BCUT2D eigenvalue weighted by Gasteiger charge is -2.28. The third-order valence-corrected chi connectivity index (χ3v) is 4.21. The van der Waals surface area contributed by atoms with Crippen LogP contribution in [-0.2, 0) is 6.61 Å². The second-order valence-electron chi connectivity index (χ2n) is 6.23. The summed E-state index contributed by atoms with van der Waals surface area (Å²) in [4.78, 5) is 2.35. The molecule has 2 rings (SSSR count). The minimum absolute atomic E-state index is 0.0726. The van der Waals surface area contributed by atoms with E-state index in [4.69, 9.17) is 11.6 Å². The summed E-state index contributed by atoms with van der Waals surface area (Å²) in [7, 11) is 0. The molecule has 2 nitrogen and oxygen atoms in total. The summed E-state index contributed by atoms with van der Waals surface area (Å²) >= 11 is 6.07. The fourth-order valence-corrected chi connectivity index (χ4v) is 2.82. The van der Waals surface area contributed by atoms with Crippen molar-refractivity contribution in [3.8, 4) is 0 Å². The third-order valence-electron chi connectivity index (χ3n) is 3.97. The molecule has 1 aromatic rings. The Morgan fingerprint density at radius 2 is 2.11 bits per heavy atom. The molecule has 100 valence electrons. The van der Waals surface area contributed by atoms with Gasteiger partial charge in [0.1, 0.15) is 0 Å². The summed E-state index contributed by atoms with van der Waals surface area (Å²) in [6.07, 6.45) is 1.21. The topological polar surface area (TPSA) is 23.5 Å². The van der Waals surface area contributed by atoms with Crippen molar-refractivity contribution in [1.29, 1.82) is 0 Å². The van der Waals surface area contributed by atoms with E-state index in [1.165, 1.54) is 6.42 Å². The molecule has 1 unspecified atom stereocenters. The fraction of sp³-hybridized carbons (Fsp3) is 0.600. The number of benzene rings is 1. The van der Waals surface area contributed by atoms with Crippen LogP contribution in [0.15, 0.2) is 18.2 Å². The Bertz CT molecular complexity index is 425. The summed E-state index contributed by atoms with van der Waals surface area (Å²) in [5, 5.41) is 10.2. The highest BCUT2D eigenvalue weighted by atomic mass is 35.5. The number of aliphatic hydroxyl groups is 1. The average molecular weight is 268 g/mol. The van der Waals surface area contributed by atoms with Crippen LogP contribution in [0.3, 0.4) is 0 Å². The predicted octanol–water partition coefficient (Wildman–Crippen LogP) is 3.70. The second-order valence-corrected chi connectivity index (χ2v) is 6.67. The molecule has 3 heteroatoms. The van der Waals surface area contributed by atoms with Crippen molar-refractivity contribution in [2.75, 3.05) is 18.0 Å². The van der Waals surface area contributed by atoms with Crippen molar-refractivity contribution in [2.45, 2.75) is 33.8 Å². The monoisotopic (exact) mass is 267 g/mol. The van der Waals surface area contributed by atoms with Gasteiger partial charge in [0.25, 0.3) is 0 Å². The molecule has 1 saturated heterocycles. The maximum atomic E-state index is 9.43. The van der Waals surface area contributed by atoms with Gasteiger partial charge < -0.3 is 10.0 Å². The Balaban J connectivity index is 2.21. The van der Waals surface area contributed by atoms with Crippen LogP contribution in [0, 0.1) is 11.3 Å². The normalized spacial score (nSPS) is 20.5. The van der Waals surface area contributed by atoms with Crippen molar-refractivity contribution in [3.05, 3.63) is 28.8 Å². The number of halogens is 1. The lowest BCUT2D eigenvalue weighted by Crippen LogP contribution is -2.26. The number of nitrogens with zero attached hydrogens (tertiary/aromatic N) is 1. The van der Waals surface area contributed by atoms with Crippen molar-refractivity contribution in [2.24, 2.45) is 11.3 Å². The summed E-state index contributed by atoms with van der Waals surface area (Å²) in [5.74, 6) is 0.697. The maximum absolute atomic E-state index is 9.43. The van der Waals surface area contributed by atoms with Crippen LogP contribution >= 0.6 is 11.6 Å². The lowest BCUT2D eigenvalue weighted by molar-refractivity contribution is 0.263. The molecule has 0 bridgehead atoms. The quantitative estimate of drug-likeness (QED) is 0.883. The van der Waals surface area contributed by atoms with Crippen molar-refractivity contribution < 1.29 is 5.11 Å². The molecule has 1 aliphatic heterocycles. The smallest absolute Gasteiger partial charge is 0.0702 e. The van der Waals surface area contributed by atoms with Gasteiger partial charge in [-0.05, 0) is 29.9 Å². The Kier molecular flexibility index (Phi) is 3.88. The SMILES string of the molecule is CC(C)(C)C1CCN(c2cc(Cl)ccc2CO)C1. The highest BCUT2D eigenvalue weighted by molar-refractivity contribution is 6.30. The van der Waals surface area contributed by atoms with Gasteiger partial charge in [0.05, 0.1) is 6.61 Å². The van der Waals surface area contributed by atoms with Gasteiger partial charge in [-0.1, -0.05) is 38.4 Å². The minimum Gasteiger partial charge on any atom is -0.392 e. The van der Waals surface area contributed by atoms with Gasteiger partial charge in [0, 0.05) is 29.4 Å². The first kappa shape index (κ1) is 13.7. The molecule has 0 saturated carbocycles. The molecule has 0 amide bonds. The number of hydrogen-bond donors (Lipinski definition) is 1. The molecule has 1 atom stereocenters. The molecule has 1 aromatic carbocycles. The van der Waals surface area contributed by atoms with Gasteiger partial charge >= 0.3 is 0 Å². The third kappa shape index (κ3) is 2.81. The zero-order chi connectivity index (χ0) is 13.3. The first-order chi connectivity index (χ1) is 8.41. The van der Waals surface area contributed by atoms with Gasteiger partial charge in [-0.2, -0.15) is 0 Å². The molecular formula is C15H22ClNO.